The number of nitrogens with one attached hydrogen (secondary N) is 1. The molecule has 3 rings (SSSR count). The maximum atomic E-state index is 12.5. The normalized spacial score (nSPS) is 25.8. The van der Waals surface area contributed by atoms with E-state index in [4.69, 9.17) is 4.42 Å². The minimum Gasteiger partial charge on any atom is -0.438 e. The Kier molecular flexibility index (Phi) is 4.27. The summed E-state index contributed by atoms with van der Waals surface area (Å²) < 4.78 is 30.8. The van der Waals surface area contributed by atoms with Crippen LogP contribution in [-0.2, 0) is 10.0 Å². The number of rotatable bonds is 3. The zero-order valence-electron chi connectivity index (χ0n) is 12.7. The van der Waals surface area contributed by atoms with Crippen molar-refractivity contribution in [3.8, 4) is 0 Å². The van der Waals surface area contributed by atoms with Crippen LogP contribution in [0.5, 0.6) is 0 Å². The Balaban J connectivity index is 1.72. The van der Waals surface area contributed by atoms with Gasteiger partial charge in [-0.05, 0) is 43.9 Å². The van der Waals surface area contributed by atoms with Crippen LogP contribution in [0.2, 0.25) is 0 Å². The number of furan rings is 1. The van der Waals surface area contributed by atoms with E-state index in [1.54, 1.807) is 4.90 Å². The monoisotopic (exact) mass is 326 g/mol. The second-order valence-corrected chi connectivity index (χ2v) is 7.99. The van der Waals surface area contributed by atoms with E-state index in [0.29, 0.717) is 5.92 Å². The highest BCUT2D eigenvalue weighted by Crippen LogP contribution is 2.36. The van der Waals surface area contributed by atoms with E-state index in [9.17, 15) is 13.2 Å². The molecule has 1 aliphatic heterocycles. The van der Waals surface area contributed by atoms with Crippen molar-refractivity contribution in [1.82, 2.24) is 9.62 Å². The molecular weight excluding hydrogens is 304 g/mol. The molecule has 1 saturated carbocycles. The number of fused-ring (bicyclic) bond motifs is 1. The number of hydrogen-bond acceptors (Lipinski definition) is 4. The molecule has 0 spiro atoms. The van der Waals surface area contributed by atoms with Gasteiger partial charge in [0.1, 0.15) is 0 Å². The van der Waals surface area contributed by atoms with Crippen molar-refractivity contribution in [1.29, 1.82) is 0 Å². The molecule has 0 bridgehead atoms. The standard InChI is InChI=1S/C15H22N2O4S/c1-16-22(19,20)14-7-6-13(21-14)15(18)17-9-8-11-4-2-3-5-12(11)10-17/h6-7,11-12,16H,2-5,8-10H2,1H3/t11-,12-/m0/s1. The van der Waals surface area contributed by atoms with Gasteiger partial charge in [-0.3, -0.25) is 4.79 Å². The van der Waals surface area contributed by atoms with Gasteiger partial charge in [-0.2, -0.15) is 0 Å². The summed E-state index contributed by atoms with van der Waals surface area (Å²) in [6.07, 6.45) is 6.05. The van der Waals surface area contributed by atoms with Crippen LogP contribution in [0.1, 0.15) is 42.7 Å². The first-order valence-electron chi connectivity index (χ1n) is 7.84. The molecule has 2 atom stereocenters. The predicted molar refractivity (Wildman–Crippen MR) is 80.9 cm³/mol. The van der Waals surface area contributed by atoms with Crippen LogP contribution in [-0.4, -0.2) is 39.4 Å². The van der Waals surface area contributed by atoms with Gasteiger partial charge in [-0.25, -0.2) is 13.1 Å². The molecule has 0 unspecified atom stereocenters. The quantitative estimate of drug-likeness (QED) is 0.919. The second kappa shape index (κ2) is 6.04. The zero-order chi connectivity index (χ0) is 15.7. The van der Waals surface area contributed by atoms with Gasteiger partial charge in [0, 0.05) is 13.1 Å². The molecule has 1 aromatic heterocycles. The Hall–Kier alpha value is -1.34. The third kappa shape index (κ3) is 2.92. The lowest BCUT2D eigenvalue weighted by Gasteiger charge is -2.41. The largest absolute Gasteiger partial charge is 0.438 e. The first kappa shape index (κ1) is 15.6. The number of carbonyl (C=O) groups is 1. The lowest BCUT2D eigenvalue weighted by atomic mass is 9.75. The molecule has 1 aromatic rings. The average Bonchev–Trinajstić information content (AvgIpc) is 3.04. The minimum absolute atomic E-state index is 0.100. The van der Waals surface area contributed by atoms with Gasteiger partial charge in [0.25, 0.3) is 15.9 Å². The molecule has 1 saturated heterocycles. The Bertz CT molecular complexity index is 652. The highest BCUT2D eigenvalue weighted by molar-refractivity contribution is 7.89. The van der Waals surface area contributed by atoms with Gasteiger partial charge >= 0.3 is 0 Å². The fourth-order valence-electron chi connectivity index (χ4n) is 3.62. The Morgan fingerprint density at radius 2 is 1.95 bits per heavy atom. The summed E-state index contributed by atoms with van der Waals surface area (Å²) in [7, 11) is -2.34. The van der Waals surface area contributed by atoms with Crippen molar-refractivity contribution >= 4 is 15.9 Å². The molecule has 1 aliphatic carbocycles. The van der Waals surface area contributed by atoms with E-state index in [1.165, 1.54) is 44.9 Å². The molecule has 0 radical (unpaired) electrons. The molecule has 2 aliphatic rings. The lowest BCUT2D eigenvalue weighted by Crippen LogP contribution is -2.44. The third-order valence-electron chi connectivity index (χ3n) is 4.90. The average molecular weight is 326 g/mol. The van der Waals surface area contributed by atoms with Crippen LogP contribution in [0.25, 0.3) is 0 Å². The van der Waals surface area contributed by atoms with E-state index < -0.39 is 10.0 Å². The summed E-state index contributed by atoms with van der Waals surface area (Å²) >= 11 is 0. The van der Waals surface area contributed by atoms with E-state index in [1.807, 2.05) is 0 Å². The number of nitrogens with zero attached hydrogens (tertiary/aromatic N) is 1. The number of piperidine rings is 1. The maximum absolute atomic E-state index is 12.5. The van der Waals surface area contributed by atoms with E-state index in [-0.39, 0.29) is 16.8 Å². The minimum atomic E-state index is -3.65. The third-order valence-corrected chi connectivity index (χ3v) is 6.19. The molecule has 2 fully saturated rings. The van der Waals surface area contributed by atoms with Crippen molar-refractivity contribution < 1.29 is 17.6 Å². The highest BCUT2D eigenvalue weighted by atomic mass is 32.2. The number of carbonyl (C=O) groups excluding carboxylic acids is 1. The zero-order valence-corrected chi connectivity index (χ0v) is 13.6. The number of amides is 1. The lowest BCUT2D eigenvalue weighted by molar-refractivity contribution is 0.0487. The molecule has 7 heteroatoms. The van der Waals surface area contributed by atoms with Crippen LogP contribution in [0.4, 0.5) is 0 Å². The Morgan fingerprint density at radius 1 is 1.23 bits per heavy atom. The Morgan fingerprint density at radius 3 is 2.68 bits per heavy atom. The summed E-state index contributed by atoms with van der Waals surface area (Å²) in [6, 6.07) is 2.77. The first-order valence-corrected chi connectivity index (χ1v) is 9.32. The molecule has 0 aromatic carbocycles. The fourth-order valence-corrected chi connectivity index (χ4v) is 4.27. The van der Waals surface area contributed by atoms with Gasteiger partial charge in [-0.1, -0.05) is 19.3 Å². The Labute approximate surface area is 130 Å². The van der Waals surface area contributed by atoms with Gasteiger partial charge < -0.3 is 9.32 Å². The molecule has 1 N–H and O–H groups in total. The van der Waals surface area contributed by atoms with E-state index in [0.717, 1.165) is 25.4 Å². The summed E-state index contributed by atoms with van der Waals surface area (Å²) in [5.41, 5.74) is 0. The van der Waals surface area contributed by atoms with Crippen LogP contribution in [0.3, 0.4) is 0 Å². The second-order valence-electron chi connectivity index (χ2n) is 6.17. The molecule has 2 heterocycles. The van der Waals surface area contributed by atoms with Crippen molar-refractivity contribution in [3.05, 3.63) is 17.9 Å². The van der Waals surface area contributed by atoms with Crippen molar-refractivity contribution in [2.24, 2.45) is 11.8 Å². The molecule has 1 amide bonds. The van der Waals surface area contributed by atoms with Crippen LogP contribution in [0, 0.1) is 11.8 Å². The summed E-state index contributed by atoms with van der Waals surface area (Å²) in [4.78, 5) is 14.3. The highest BCUT2D eigenvalue weighted by Gasteiger charge is 2.34. The smallest absolute Gasteiger partial charge is 0.289 e. The maximum Gasteiger partial charge on any atom is 0.289 e. The summed E-state index contributed by atoms with van der Waals surface area (Å²) in [5.74, 6) is 1.22. The van der Waals surface area contributed by atoms with Gasteiger partial charge in [-0.15, -0.1) is 0 Å². The van der Waals surface area contributed by atoms with Crippen molar-refractivity contribution in [2.45, 2.75) is 37.2 Å². The van der Waals surface area contributed by atoms with Gasteiger partial charge in [0.15, 0.2) is 5.76 Å². The van der Waals surface area contributed by atoms with Gasteiger partial charge in [0.05, 0.1) is 0 Å². The van der Waals surface area contributed by atoms with Crippen molar-refractivity contribution in [3.63, 3.8) is 0 Å². The predicted octanol–water partition coefficient (Wildman–Crippen LogP) is 1.84. The van der Waals surface area contributed by atoms with Crippen LogP contribution >= 0.6 is 0 Å². The number of hydrogen-bond donors (Lipinski definition) is 1. The molecule has 22 heavy (non-hydrogen) atoms. The fraction of sp³-hybridized carbons (Fsp3) is 0.667. The van der Waals surface area contributed by atoms with Gasteiger partial charge in [0.2, 0.25) is 5.09 Å². The number of sulfonamides is 1. The van der Waals surface area contributed by atoms with Crippen molar-refractivity contribution in [2.75, 3.05) is 20.1 Å². The molecule has 6 nitrogen and oxygen atoms in total. The molecule has 122 valence electrons. The first-order chi connectivity index (χ1) is 10.5. The summed E-state index contributed by atoms with van der Waals surface area (Å²) in [5, 5.41) is -0.217. The summed E-state index contributed by atoms with van der Waals surface area (Å²) in [6.45, 7) is 1.49. The van der Waals surface area contributed by atoms with E-state index >= 15 is 0 Å². The van der Waals surface area contributed by atoms with Crippen LogP contribution in [0.15, 0.2) is 21.6 Å². The van der Waals surface area contributed by atoms with Crippen LogP contribution < -0.4 is 4.72 Å². The topological polar surface area (TPSA) is 79.6 Å². The molecular formula is C15H22N2O4S. The SMILES string of the molecule is CNS(=O)(=O)c1ccc(C(=O)N2CC[C@@H]3CCCC[C@H]3C2)o1. The number of likely N-dealkylation sites (tertiary alicyclic amines) is 1. The van der Waals surface area contributed by atoms with E-state index in [2.05, 4.69) is 4.72 Å².